The molecule has 0 spiro atoms. The molecule has 18 heavy (non-hydrogen) atoms. The van der Waals surface area contributed by atoms with Gasteiger partial charge in [0.05, 0.1) is 0 Å². The van der Waals surface area contributed by atoms with Crippen molar-refractivity contribution >= 4 is 11.8 Å². The maximum absolute atomic E-state index is 5.14. The Morgan fingerprint density at radius 1 is 1.44 bits per heavy atom. The number of likely N-dealkylation sites (N-methyl/N-ethyl adjacent to an activating group) is 1. The quantitative estimate of drug-likeness (QED) is 0.652. The number of thioether (sulfide) groups is 1. The highest BCUT2D eigenvalue weighted by Crippen LogP contribution is 2.20. The van der Waals surface area contributed by atoms with Crippen molar-refractivity contribution in [2.75, 3.05) is 45.4 Å². The predicted molar refractivity (Wildman–Crippen MR) is 81.6 cm³/mol. The van der Waals surface area contributed by atoms with Crippen molar-refractivity contribution in [1.29, 1.82) is 0 Å². The first kappa shape index (κ1) is 16.3. The first-order valence-corrected chi connectivity index (χ1v) is 8.45. The van der Waals surface area contributed by atoms with Crippen LogP contribution in [0.2, 0.25) is 0 Å². The molecule has 2 unspecified atom stereocenters. The highest BCUT2D eigenvalue weighted by atomic mass is 32.2. The Labute approximate surface area is 117 Å². The van der Waals surface area contributed by atoms with Gasteiger partial charge in [0.15, 0.2) is 0 Å². The molecule has 3 nitrogen and oxygen atoms in total. The van der Waals surface area contributed by atoms with E-state index >= 15 is 0 Å². The number of hydrogen-bond donors (Lipinski definition) is 1. The molecule has 4 heteroatoms. The molecule has 1 aliphatic rings. The van der Waals surface area contributed by atoms with E-state index in [4.69, 9.17) is 4.74 Å². The molecule has 0 saturated carbocycles. The monoisotopic (exact) mass is 274 g/mol. The van der Waals surface area contributed by atoms with Crippen LogP contribution in [0.1, 0.15) is 32.6 Å². The van der Waals surface area contributed by atoms with Crippen molar-refractivity contribution in [3.63, 3.8) is 0 Å². The first-order valence-electron chi connectivity index (χ1n) is 7.30. The van der Waals surface area contributed by atoms with Gasteiger partial charge in [-0.05, 0) is 39.3 Å². The Kier molecular flexibility index (Phi) is 9.11. The van der Waals surface area contributed by atoms with Gasteiger partial charge < -0.3 is 15.0 Å². The maximum atomic E-state index is 5.14. The second kappa shape index (κ2) is 10.1. The largest absolute Gasteiger partial charge is 0.385 e. The summed E-state index contributed by atoms with van der Waals surface area (Å²) in [6.45, 7) is 5.52. The summed E-state index contributed by atoms with van der Waals surface area (Å²) in [5.74, 6) is 2.57. The van der Waals surface area contributed by atoms with Gasteiger partial charge in [-0.3, -0.25) is 0 Å². The van der Waals surface area contributed by atoms with Crippen molar-refractivity contribution in [2.24, 2.45) is 0 Å². The van der Waals surface area contributed by atoms with E-state index in [2.05, 4.69) is 35.9 Å². The molecule has 1 N–H and O–H groups in total. The minimum atomic E-state index is 0.652. The molecule has 1 rings (SSSR count). The summed E-state index contributed by atoms with van der Waals surface area (Å²) >= 11 is 2.11. The summed E-state index contributed by atoms with van der Waals surface area (Å²) in [4.78, 5) is 2.54. The number of rotatable bonds is 9. The number of unbranched alkanes of at least 4 members (excludes halogenated alkanes) is 1. The molecule has 1 fully saturated rings. The third kappa shape index (κ3) is 5.91. The van der Waals surface area contributed by atoms with Gasteiger partial charge in [0.25, 0.3) is 0 Å². The minimum absolute atomic E-state index is 0.652. The van der Waals surface area contributed by atoms with E-state index in [9.17, 15) is 0 Å². The Bertz CT molecular complexity index is 204. The fourth-order valence-electron chi connectivity index (χ4n) is 2.50. The van der Waals surface area contributed by atoms with Crippen LogP contribution in [0.25, 0.3) is 0 Å². The molecule has 0 aromatic rings. The van der Waals surface area contributed by atoms with Crippen LogP contribution in [0.5, 0.6) is 0 Å². The van der Waals surface area contributed by atoms with Crippen LogP contribution >= 0.6 is 11.8 Å². The van der Waals surface area contributed by atoms with Gasteiger partial charge in [0.2, 0.25) is 0 Å². The van der Waals surface area contributed by atoms with Crippen molar-refractivity contribution in [2.45, 2.75) is 44.7 Å². The highest BCUT2D eigenvalue weighted by molar-refractivity contribution is 7.99. The topological polar surface area (TPSA) is 24.5 Å². The van der Waals surface area contributed by atoms with Crippen molar-refractivity contribution in [3.05, 3.63) is 0 Å². The Morgan fingerprint density at radius 2 is 2.28 bits per heavy atom. The second-order valence-corrected chi connectivity index (χ2v) is 6.32. The molecule has 1 heterocycles. The number of nitrogens with zero attached hydrogens (tertiary/aromatic N) is 1. The number of hydrogen-bond acceptors (Lipinski definition) is 4. The minimum Gasteiger partial charge on any atom is -0.385 e. The van der Waals surface area contributed by atoms with Crippen LogP contribution in [0.3, 0.4) is 0 Å². The molecule has 2 atom stereocenters. The van der Waals surface area contributed by atoms with Gasteiger partial charge in [0, 0.05) is 43.9 Å². The van der Waals surface area contributed by atoms with Crippen molar-refractivity contribution in [1.82, 2.24) is 10.2 Å². The van der Waals surface area contributed by atoms with Gasteiger partial charge in [0.1, 0.15) is 0 Å². The zero-order chi connectivity index (χ0) is 13.2. The second-order valence-electron chi connectivity index (χ2n) is 5.17. The molecule has 0 amide bonds. The van der Waals surface area contributed by atoms with Gasteiger partial charge in [-0.25, -0.2) is 0 Å². The van der Waals surface area contributed by atoms with E-state index in [0.717, 1.165) is 13.2 Å². The van der Waals surface area contributed by atoms with E-state index in [1.165, 1.54) is 43.7 Å². The average molecular weight is 274 g/mol. The lowest BCUT2D eigenvalue weighted by Gasteiger charge is -2.38. The van der Waals surface area contributed by atoms with Gasteiger partial charge in [-0.2, -0.15) is 11.8 Å². The summed E-state index contributed by atoms with van der Waals surface area (Å²) in [6.07, 6.45) is 4.95. The van der Waals surface area contributed by atoms with E-state index in [0.29, 0.717) is 12.1 Å². The zero-order valence-corrected chi connectivity index (χ0v) is 13.1. The third-order valence-corrected chi connectivity index (χ3v) is 4.73. The van der Waals surface area contributed by atoms with Gasteiger partial charge in [-0.1, -0.05) is 6.92 Å². The molecular weight excluding hydrogens is 244 g/mol. The van der Waals surface area contributed by atoms with Crippen molar-refractivity contribution < 1.29 is 4.74 Å². The smallest absolute Gasteiger partial charge is 0.0462 e. The SMILES string of the molecule is CCCNC(CCCCOC)C1CSCCN1C. The third-order valence-electron chi connectivity index (χ3n) is 3.68. The molecule has 108 valence electrons. The zero-order valence-electron chi connectivity index (χ0n) is 12.3. The van der Waals surface area contributed by atoms with Crippen LogP contribution in [-0.4, -0.2) is 62.3 Å². The predicted octanol–water partition coefficient (Wildman–Crippen LogP) is 2.22. The first-order chi connectivity index (χ1) is 8.79. The van der Waals surface area contributed by atoms with E-state index in [1.54, 1.807) is 7.11 Å². The molecule has 0 aliphatic carbocycles. The molecule has 0 aromatic carbocycles. The fourth-order valence-corrected chi connectivity index (χ4v) is 3.81. The summed E-state index contributed by atoms with van der Waals surface area (Å²) in [6, 6.07) is 1.36. The van der Waals surface area contributed by atoms with Gasteiger partial charge >= 0.3 is 0 Å². The van der Waals surface area contributed by atoms with E-state index in [1.807, 2.05) is 0 Å². The summed E-state index contributed by atoms with van der Waals surface area (Å²) in [7, 11) is 4.07. The Balaban J connectivity index is 2.37. The summed E-state index contributed by atoms with van der Waals surface area (Å²) in [5, 5.41) is 3.75. The van der Waals surface area contributed by atoms with Gasteiger partial charge in [-0.15, -0.1) is 0 Å². The van der Waals surface area contributed by atoms with E-state index in [-0.39, 0.29) is 0 Å². The van der Waals surface area contributed by atoms with Crippen LogP contribution in [0, 0.1) is 0 Å². The lowest BCUT2D eigenvalue weighted by Crippen LogP contribution is -2.52. The Hall–Kier alpha value is 0.230. The normalized spacial score (nSPS) is 23.2. The standard InChI is InChI=1S/C14H30N2OS/c1-4-8-15-13(7-5-6-10-17-3)14-12-18-11-9-16(14)2/h13-15H,4-12H2,1-3H3. The number of ether oxygens (including phenoxy) is 1. The molecule has 0 aromatic heterocycles. The van der Waals surface area contributed by atoms with Crippen LogP contribution in [0.4, 0.5) is 0 Å². The maximum Gasteiger partial charge on any atom is 0.0462 e. The Morgan fingerprint density at radius 3 is 2.94 bits per heavy atom. The van der Waals surface area contributed by atoms with Crippen LogP contribution < -0.4 is 5.32 Å². The molecule has 0 bridgehead atoms. The van der Waals surface area contributed by atoms with Crippen LogP contribution in [0.15, 0.2) is 0 Å². The van der Waals surface area contributed by atoms with Crippen LogP contribution in [-0.2, 0) is 4.74 Å². The molecule has 0 radical (unpaired) electrons. The number of methoxy groups -OCH3 is 1. The number of nitrogens with one attached hydrogen (secondary N) is 1. The van der Waals surface area contributed by atoms with E-state index < -0.39 is 0 Å². The highest BCUT2D eigenvalue weighted by Gasteiger charge is 2.26. The summed E-state index contributed by atoms with van der Waals surface area (Å²) < 4.78 is 5.14. The van der Waals surface area contributed by atoms with Crippen molar-refractivity contribution in [3.8, 4) is 0 Å². The lowest BCUT2D eigenvalue weighted by molar-refractivity contribution is 0.180. The summed E-state index contributed by atoms with van der Waals surface area (Å²) in [5.41, 5.74) is 0. The molecular formula is C14H30N2OS. The molecule has 1 saturated heterocycles. The fraction of sp³-hybridized carbons (Fsp3) is 1.00. The molecule has 1 aliphatic heterocycles. The average Bonchev–Trinajstić information content (AvgIpc) is 2.39. The lowest BCUT2D eigenvalue weighted by atomic mass is 10.0.